The van der Waals surface area contributed by atoms with Gasteiger partial charge in [-0.05, 0) is 44.0 Å². The number of anilines is 1. The Hall–Kier alpha value is -1.35. The van der Waals surface area contributed by atoms with Crippen LogP contribution in [0.3, 0.4) is 0 Å². The molecule has 0 fully saturated rings. The van der Waals surface area contributed by atoms with Crippen LogP contribution in [0.4, 0.5) is 5.69 Å². The Morgan fingerprint density at radius 1 is 1.20 bits per heavy atom. The highest BCUT2D eigenvalue weighted by molar-refractivity contribution is 5.94. The second kappa shape index (κ2) is 7.44. The molecule has 20 heavy (non-hydrogen) atoms. The van der Waals surface area contributed by atoms with E-state index in [2.05, 4.69) is 36.6 Å². The molecular formula is C17H28N2O. The van der Waals surface area contributed by atoms with Gasteiger partial charge in [-0.3, -0.25) is 4.79 Å². The molecule has 112 valence electrons. The van der Waals surface area contributed by atoms with Crippen LogP contribution in [0.5, 0.6) is 0 Å². The number of nitrogens with one attached hydrogen (secondary N) is 2. The van der Waals surface area contributed by atoms with Crippen molar-refractivity contribution in [1.29, 1.82) is 0 Å². The van der Waals surface area contributed by atoms with Crippen molar-refractivity contribution >= 4 is 11.6 Å². The first-order valence-electron chi connectivity index (χ1n) is 7.55. The lowest BCUT2D eigenvalue weighted by atomic mass is 9.89. The van der Waals surface area contributed by atoms with Crippen molar-refractivity contribution in [3.8, 4) is 0 Å². The fraction of sp³-hybridized carbons (Fsp3) is 0.588. The van der Waals surface area contributed by atoms with Crippen molar-refractivity contribution in [2.24, 2.45) is 5.41 Å². The average molecular weight is 276 g/mol. The molecule has 1 rings (SSSR count). The lowest BCUT2D eigenvalue weighted by molar-refractivity contribution is -0.124. The zero-order valence-electron chi connectivity index (χ0n) is 13.4. The standard InChI is InChI=1S/C17H28N2O/c1-6-12-18-13(3)14-8-10-15(11-9-14)19-16(20)17(4,5)7-2/h8-11,13,18H,6-7,12H2,1-5H3,(H,19,20). The molecule has 0 spiro atoms. The van der Waals surface area contributed by atoms with E-state index in [-0.39, 0.29) is 11.3 Å². The van der Waals surface area contributed by atoms with Crippen LogP contribution in [0.15, 0.2) is 24.3 Å². The quantitative estimate of drug-likeness (QED) is 0.786. The van der Waals surface area contributed by atoms with E-state index in [0.717, 1.165) is 25.1 Å². The summed E-state index contributed by atoms with van der Waals surface area (Å²) in [4.78, 5) is 12.1. The maximum absolute atomic E-state index is 12.1. The van der Waals surface area contributed by atoms with Crippen molar-refractivity contribution in [2.45, 2.75) is 53.5 Å². The number of hydrogen-bond donors (Lipinski definition) is 2. The van der Waals surface area contributed by atoms with E-state index in [4.69, 9.17) is 0 Å². The maximum atomic E-state index is 12.1. The zero-order valence-corrected chi connectivity index (χ0v) is 13.4. The smallest absolute Gasteiger partial charge is 0.230 e. The molecule has 3 heteroatoms. The first kappa shape index (κ1) is 16.7. The molecule has 1 aromatic carbocycles. The summed E-state index contributed by atoms with van der Waals surface area (Å²) in [5.74, 6) is 0.0740. The van der Waals surface area contributed by atoms with E-state index in [9.17, 15) is 4.79 Å². The summed E-state index contributed by atoms with van der Waals surface area (Å²) in [6.45, 7) is 11.3. The van der Waals surface area contributed by atoms with Crippen molar-refractivity contribution in [3.63, 3.8) is 0 Å². The fourth-order valence-electron chi connectivity index (χ4n) is 1.79. The predicted octanol–water partition coefficient (Wildman–Crippen LogP) is 4.12. The molecule has 1 atom stereocenters. The van der Waals surface area contributed by atoms with Gasteiger partial charge in [0.1, 0.15) is 0 Å². The summed E-state index contributed by atoms with van der Waals surface area (Å²) < 4.78 is 0. The molecule has 0 aliphatic carbocycles. The van der Waals surface area contributed by atoms with Crippen LogP contribution >= 0.6 is 0 Å². The van der Waals surface area contributed by atoms with Gasteiger partial charge in [0.2, 0.25) is 5.91 Å². The van der Waals surface area contributed by atoms with Gasteiger partial charge >= 0.3 is 0 Å². The molecule has 0 saturated carbocycles. The van der Waals surface area contributed by atoms with E-state index in [0.29, 0.717) is 6.04 Å². The van der Waals surface area contributed by atoms with Gasteiger partial charge in [0.15, 0.2) is 0 Å². The van der Waals surface area contributed by atoms with E-state index >= 15 is 0 Å². The molecular weight excluding hydrogens is 248 g/mol. The molecule has 1 unspecified atom stereocenters. The molecule has 3 nitrogen and oxygen atoms in total. The molecule has 0 bridgehead atoms. The monoisotopic (exact) mass is 276 g/mol. The number of benzene rings is 1. The van der Waals surface area contributed by atoms with Gasteiger partial charge in [-0.25, -0.2) is 0 Å². The third-order valence-corrected chi connectivity index (χ3v) is 3.87. The van der Waals surface area contributed by atoms with Crippen molar-refractivity contribution < 1.29 is 4.79 Å². The Morgan fingerprint density at radius 3 is 2.30 bits per heavy atom. The van der Waals surface area contributed by atoms with E-state index in [1.165, 1.54) is 5.56 Å². The van der Waals surface area contributed by atoms with E-state index < -0.39 is 0 Å². The van der Waals surface area contributed by atoms with Gasteiger partial charge in [0.25, 0.3) is 0 Å². The average Bonchev–Trinajstić information content (AvgIpc) is 2.45. The van der Waals surface area contributed by atoms with Crippen LogP contribution in [-0.4, -0.2) is 12.5 Å². The first-order valence-corrected chi connectivity index (χ1v) is 7.55. The first-order chi connectivity index (χ1) is 9.40. The van der Waals surface area contributed by atoms with Crippen LogP contribution in [-0.2, 0) is 4.79 Å². The maximum Gasteiger partial charge on any atom is 0.230 e. The molecule has 0 heterocycles. The minimum absolute atomic E-state index is 0.0740. The lowest BCUT2D eigenvalue weighted by Crippen LogP contribution is -2.30. The molecule has 1 aromatic rings. The summed E-state index contributed by atoms with van der Waals surface area (Å²) in [5.41, 5.74) is 1.78. The van der Waals surface area contributed by atoms with E-state index in [1.807, 2.05) is 32.9 Å². The van der Waals surface area contributed by atoms with Gasteiger partial charge in [-0.1, -0.05) is 39.8 Å². The lowest BCUT2D eigenvalue weighted by Gasteiger charge is -2.21. The van der Waals surface area contributed by atoms with Crippen LogP contribution in [0, 0.1) is 5.41 Å². The molecule has 0 aliphatic heterocycles. The Kier molecular flexibility index (Phi) is 6.21. The summed E-state index contributed by atoms with van der Waals surface area (Å²) >= 11 is 0. The highest BCUT2D eigenvalue weighted by Crippen LogP contribution is 2.23. The normalized spacial score (nSPS) is 13.1. The van der Waals surface area contributed by atoms with Gasteiger partial charge in [-0.15, -0.1) is 0 Å². The van der Waals surface area contributed by atoms with Crippen LogP contribution in [0.2, 0.25) is 0 Å². The second-order valence-corrected chi connectivity index (χ2v) is 5.99. The minimum Gasteiger partial charge on any atom is -0.326 e. The van der Waals surface area contributed by atoms with Gasteiger partial charge < -0.3 is 10.6 Å². The Bertz CT molecular complexity index is 423. The largest absolute Gasteiger partial charge is 0.326 e. The summed E-state index contributed by atoms with van der Waals surface area (Å²) in [6.07, 6.45) is 1.96. The van der Waals surface area contributed by atoms with Crippen molar-refractivity contribution in [1.82, 2.24) is 5.32 Å². The van der Waals surface area contributed by atoms with Crippen LogP contribution in [0.1, 0.15) is 59.1 Å². The third-order valence-electron chi connectivity index (χ3n) is 3.87. The molecule has 0 radical (unpaired) electrons. The third kappa shape index (κ3) is 4.64. The molecule has 0 aliphatic rings. The topological polar surface area (TPSA) is 41.1 Å². The molecule has 1 amide bonds. The zero-order chi connectivity index (χ0) is 15.2. The number of rotatable bonds is 7. The summed E-state index contributed by atoms with van der Waals surface area (Å²) in [6, 6.07) is 8.43. The molecule has 2 N–H and O–H groups in total. The van der Waals surface area contributed by atoms with Crippen LogP contribution in [0.25, 0.3) is 0 Å². The summed E-state index contributed by atoms with van der Waals surface area (Å²) in [7, 11) is 0. The number of carbonyl (C=O) groups excluding carboxylic acids is 1. The Morgan fingerprint density at radius 2 is 1.80 bits per heavy atom. The highest BCUT2D eigenvalue weighted by Gasteiger charge is 2.25. The highest BCUT2D eigenvalue weighted by atomic mass is 16.2. The molecule has 0 saturated heterocycles. The molecule has 0 aromatic heterocycles. The number of amides is 1. The van der Waals surface area contributed by atoms with E-state index in [1.54, 1.807) is 0 Å². The van der Waals surface area contributed by atoms with Crippen molar-refractivity contribution in [2.75, 3.05) is 11.9 Å². The second-order valence-electron chi connectivity index (χ2n) is 5.99. The van der Waals surface area contributed by atoms with Gasteiger partial charge in [0.05, 0.1) is 0 Å². The SMILES string of the molecule is CCCNC(C)c1ccc(NC(=O)C(C)(C)CC)cc1. The van der Waals surface area contributed by atoms with Gasteiger partial charge in [0, 0.05) is 17.1 Å². The van der Waals surface area contributed by atoms with Gasteiger partial charge in [-0.2, -0.15) is 0 Å². The summed E-state index contributed by atoms with van der Waals surface area (Å²) in [5, 5.41) is 6.44. The van der Waals surface area contributed by atoms with Crippen molar-refractivity contribution in [3.05, 3.63) is 29.8 Å². The predicted molar refractivity (Wildman–Crippen MR) is 85.9 cm³/mol. The fourth-order valence-corrected chi connectivity index (χ4v) is 1.79. The van der Waals surface area contributed by atoms with Crippen LogP contribution < -0.4 is 10.6 Å². The number of carbonyl (C=O) groups is 1. The minimum atomic E-state index is -0.325. The Balaban J connectivity index is 2.65. The number of hydrogen-bond acceptors (Lipinski definition) is 2. The Labute approximate surface area is 123 Å².